The molecule has 0 spiro atoms. The Morgan fingerprint density at radius 2 is 2.06 bits per heavy atom. The fourth-order valence-corrected chi connectivity index (χ4v) is 4.78. The lowest BCUT2D eigenvalue weighted by Gasteiger charge is -2.37. The minimum absolute atomic E-state index is 0.0822. The predicted octanol–water partition coefficient (Wildman–Crippen LogP) is 3.23. The zero-order valence-electron chi connectivity index (χ0n) is 19.0. The number of hydrogen-bond acceptors (Lipinski definition) is 10. The number of fused-ring (bicyclic) bond motifs is 1. The number of amides is 1. The number of nitrogens with two attached hydrogens (primary N) is 1. The largest absolute Gasteiger partial charge is 0.423 e. The van der Waals surface area contributed by atoms with Crippen LogP contribution in [0.1, 0.15) is 27.1 Å². The predicted molar refractivity (Wildman–Crippen MR) is 132 cm³/mol. The molecule has 176 valence electrons. The van der Waals surface area contributed by atoms with Gasteiger partial charge in [-0.2, -0.15) is 10.1 Å². The second-order valence-corrected chi connectivity index (χ2v) is 9.64. The van der Waals surface area contributed by atoms with Gasteiger partial charge in [0.1, 0.15) is 5.52 Å². The van der Waals surface area contributed by atoms with Crippen LogP contribution in [0.15, 0.2) is 47.4 Å². The number of hydrogen-bond donors (Lipinski definition) is 2. The summed E-state index contributed by atoms with van der Waals surface area (Å²) in [5, 5.41) is 8.17. The van der Waals surface area contributed by atoms with Gasteiger partial charge in [0.15, 0.2) is 17.1 Å². The molecule has 1 aliphatic heterocycles. The summed E-state index contributed by atoms with van der Waals surface area (Å²) in [7, 11) is 1.80. The lowest BCUT2D eigenvalue weighted by molar-refractivity contribution is 0.0995. The number of carbonyl (C=O) groups excluding carboxylic acids is 1. The molecule has 0 radical (unpaired) electrons. The Kier molecular flexibility index (Phi) is 4.95. The number of oxazole rings is 1. The van der Waals surface area contributed by atoms with Crippen LogP contribution in [0.3, 0.4) is 0 Å². The number of aryl methyl sites for hydroxylation is 2. The van der Waals surface area contributed by atoms with Gasteiger partial charge >= 0.3 is 0 Å². The van der Waals surface area contributed by atoms with E-state index in [1.54, 1.807) is 41.7 Å². The molecule has 0 aliphatic carbocycles. The summed E-state index contributed by atoms with van der Waals surface area (Å²) in [6.45, 7) is 3.28. The van der Waals surface area contributed by atoms with E-state index in [1.165, 1.54) is 0 Å². The number of nitrogens with one attached hydrogen (secondary N) is 1. The lowest BCUT2D eigenvalue weighted by atomic mass is 9.97. The number of primary amides is 1. The smallest absolute Gasteiger partial charge is 0.298 e. The van der Waals surface area contributed by atoms with Crippen molar-refractivity contribution < 1.29 is 9.21 Å². The molecule has 0 bridgehead atoms. The number of anilines is 3. The Hall–Kier alpha value is -4.32. The Bertz CT molecular complexity index is 1560. The average Bonchev–Trinajstić information content (AvgIpc) is 3.52. The van der Waals surface area contributed by atoms with E-state index in [1.807, 2.05) is 36.2 Å². The number of carbonyl (C=O) groups is 1. The van der Waals surface area contributed by atoms with Crippen molar-refractivity contribution in [3.8, 4) is 10.4 Å². The fraction of sp³-hybridized carbons (Fsp3) is 0.217. The molecule has 5 heterocycles. The van der Waals surface area contributed by atoms with E-state index in [0.29, 0.717) is 36.3 Å². The van der Waals surface area contributed by atoms with E-state index in [-0.39, 0.29) is 11.6 Å². The van der Waals surface area contributed by atoms with Gasteiger partial charge in [-0.1, -0.05) is 6.07 Å². The van der Waals surface area contributed by atoms with Crippen molar-refractivity contribution in [2.45, 2.75) is 12.8 Å². The summed E-state index contributed by atoms with van der Waals surface area (Å²) in [4.78, 5) is 33.0. The highest BCUT2D eigenvalue weighted by atomic mass is 32.1. The molecule has 12 heteroatoms. The standard InChI is InChI=1S/C23H21N9O2S/c1-12-25-8-19(35-12)13-3-4-16-18(5-13)34-23(30-16)32-9-14(10-32)17-7-26-22(20(29-17)21(24)33)28-15-6-27-31(2)11-15/h3-8,11,14H,9-10H2,1-2H3,(H2,24,33)(H,26,28). The first-order chi connectivity index (χ1) is 16.9. The number of rotatable bonds is 6. The van der Waals surface area contributed by atoms with Crippen LogP contribution in [0.5, 0.6) is 0 Å². The number of thiazole rings is 1. The molecule has 4 aromatic heterocycles. The van der Waals surface area contributed by atoms with E-state index >= 15 is 0 Å². The van der Waals surface area contributed by atoms with E-state index in [0.717, 1.165) is 26.5 Å². The Balaban J connectivity index is 1.18. The third-order valence-corrected chi connectivity index (χ3v) is 6.81. The second-order valence-electron chi connectivity index (χ2n) is 8.41. The Morgan fingerprint density at radius 1 is 1.20 bits per heavy atom. The monoisotopic (exact) mass is 487 g/mol. The minimum atomic E-state index is -0.646. The van der Waals surface area contributed by atoms with Gasteiger partial charge in [0.25, 0.3) is 11.9 Å². The van der Waals surface area contributed by atoms with Gasteiger partial charge in [0, 0.05) is 38.4 Å². The van der Waals surface area contributed by atoms with Crippen molar-refractivity contribution in [3.05, 3.63) is 59.4 Å². The van der Waals surface area contributed by atoms with Crippen molar-refractivity contribution in [2.24, 2.45) is 12.8 Å². The number of aromatic nitrogens is 6. The molecule has 1 amide bonds. The van der Waals surface area contributed by atoms with E-state index in [2.05, 4.69) is 30.4 Å². The summed E-state index contributed by atoms with van der Waals surface area (Å²) < 4.78 is 7.69. The molecule has 5 aromatic rings. The fourth-order valence-electron chi connectivity index (χ4n) is 4.00. The minimum Gasteiger partial charge on any atom is -0.423 e. The van der Waals surface area contributed by atoms with Gasteiger partial charge in [-0.15, -0.1) is 11.3 Å². The van der Waals surface area contributed by atoms with E-state index in [4.69, 9.17) is 10.2 Å². The second kappa shape index (κ2) is 8.17. The molecule has 1 aliphatic rings. The summed E-state index contributed by atoms with van der Waals surface area (Å²) in [5.74, 6) is -0.261. The van der Waals surface area contributed by atoms with Crippen LogP contribution in [-0.4, -0.2) is 48.7 Å². The summed E-state index contributed by atoms with van der Waals surface area (Å²) in [6.07, 6.45) is 6.94. The van der Waals surface area contributed by atoms with Gasteiger partial charge in [0.2, 0.25) is 0 Å². The third-order valence-electron chi connectivity index (χ3n) is 5.85. The molecule has 1 saturated heterocycles. The zero-order valence-corrected chi connectivity index (χ0v) is 19.8. The van der Waals surface area contributed by atoms with Crippen LogP contribution in [0.25, 0.3) is 21.5 Å². The summed E-state index contributed by atoms with van der Waals surface area (Å²) in [5.41, 5.74) is 9.65. The highest BCUT2D eigenvalue weighted by molar-refractivity contribution is 7.15. The molecule has 3 N–H and O–H groups in total. The highest BCUT2D eigenvalue weighted by Crippen LogP contribution is 2.35. The number of nitrogens with zero attached hydrogens (tertiary/aromatic N) is 7. The molecular weight excluding hydrogens is 466 g/mol. The van der Waals surface area contributed by atoms with Gasteiger partial charge in [-0.05, 0) is 24.6 Å². The van der Waals surface area contributed by atoms with Crippen LogP contribution >= 0.6 is 11.3 Å². The molecule has 0 unspecified atom stereocenters. The molecule has 6 rings (SSSR count). The van der Waals surface area contributed by atoms with E-state index in [9.17, 15) is 4.79 Å². The van der Waals surface area contributed by atoms with Crippen LogP contribution in [-0.2, 0) is 7.05 Å². The first kappa shape index (κ1) is 21.2. The third kappa shape index (κ3) is 3.97. The van der Waals surface area contributed by atoms with Crippen LogP contribution < -0.4 is 16.0 Å². The van der Waals surface area contributed by atoms with Crippen LogP contribution in [0, 0.1) is 6.92 Å². The Morgan fingerprint density at radius 3 is 2.77 bits per heavy atom. The summed E-state index contributed by atoms with van der Waals surface area (Å²) in [6, 6.07) is 6.55. The van der Waals surface area contributed by atoms with Gasteiger partial charge in [0.05, 0.1) is 33.7 Å². The maximum atomic E-state index is 12.0. The van der Waals surface area contributed by atoms with Gasteiger partial charge in [-0.3, -0.25) is 9.48 Å². The first-order valence-corrected chi connectivity index (χ1v) is 11.8. The Labute approximate surface area is 203 Å². The normalized spacial score (nSPS) is 13.8. The highest BCUT2D eigenvalue weighted by Gasteiger charge is 2.33. The maximum absolute atomic E-state index is 12.0. The SMILES string of the molecule is Cc1ncc(-c2ccc3nc(N4CC(c5cnc(Nc6cnn(C)c6)c(C(N)=O)n5)C4)oc3c2)s1. The topological polar surface area (TPSA) is 141 Å². The van der Waals surface area contributed by atoms with Crippen molar-refractivity contribution in [2.75, 3.05) is 23.3 Å². The zero-order chi connectivity index (χ0) is 24.1. The van der Waals surface area contributed by atoms with Crippen molar-refractivity contribution >= 4 is 45.9 Å². The average molecular weight is 488 g/mol. The van der Waals surface area contributed by atoms with Crippen molar-refractivity contribution in [3.63, 3.8) is 0 Å². The molecule has 0 atom stereocenters. The number of benzene rings is 1. The molecule has 11 nitrogen and oxygen atoms in total. The first-order valence-electron chi connectivity index (χ1n) is 10.9. The summed E-state index contributed by atoms with van der Waals surface area (Å²) >= 11 is 1.64. The quantitative estimate of drug-likeness (QED) is 0.369. The molecule has 0 saturated carbocycles. The van der Waals surface area contributed by atoms with Crippen molar-refractivity contribution in [1.82, 2.24) is 29.7 Å². The maximum Gasteiger partial charge on any atom is 0.298 e. The molecule has 35 heavy (non-hydrogen) atoms. The van der Waals surface area contributed by atoms with Gasteiger partial charge < -0.3 is 20.4 Å². The van der Waals surface area contributed by atoms with Crippen molar-refractivity contribution in [1.29, 1.82) is 0 Å². The van der Waals surface area contributed by atoms with Crippen LogP contribution in [0.4, 0.5) is 17.5 Å². The molecule has 1 aromatic carbocycles. The van der Waals surface area contributed by atoms with Crippen LogP contribution in [0.2, 0.25) is 0 Å². The molecular formula is C23H21N9O2S. The van der Waals surface area contributed by atoms with E-state index < -0.39 is 5.91 Å². The molecule has 1 fully saturated rings. The lowest BCUT2D eigenvalue weighted by Crippen LogP contribution is -2.45. The van der Waals surface area contributed by atoms with Gasteiger partial charge in [-0.25, -0.2) is 15.0 Å².